The van der Waals surface area contributed by atoms with Crippen LogP contribution < -0.4 is 10.1 Å². The van der Waals surface area contributed by atoms with Crippen LogP contribution >= 0.6 is 22.7 Å². The summed E-state index contributed by atoms with van der Waals surface area (Å²) in [5.74, 6) is 0.629. The van der Waals surface area contributed by atoms with E-state index in [0.29, 0.717) is 23.5 Å². The van der Waals surface area contributed by atoms with E-state index in [1.807, 2.05) is 32.2 Å². The summed E-state index contributed by atoms with van der Waals surface area (Å²) >= 11 is 3.00. The Labute approximate surface area is 346 Å². The molecule has 0 atom stereocenters. The second kappa shape index (κ2) is 19.3. The molecule has 308 valence electrons. The van der Waals surface area contributed by atoms with Crippen molar-refractivity contribution in [2.75, 3.05) is 32.2 Å². The number of carbonyl (C=O) groups excluding carboxylic acids is 1. The Balaban J connectivity index is 1.28. The van der Waals surface area contributed by atoms with Gasteiger partial charge in [-0.05, 0) is 77.0 Å². The van der Waals surface area contributed by atoms with Crippen LogP contribution in [0.3, 0.4) is 0 Å². The largest absolute Gasteiger partial charge is 0.461 e. The number of carbonyl (C=O) groups is 1. The Morgan fingerprint density at radius 2 is 1.75 bits per heavy atom. The molecule has 0 bridgehead atoms. The fourth-order valence-corrected chi connectivity index (χ4v) is 10.3. The minimum atomic E-state index is -1.22. The van der Waals surface area contributed by atoms with Crippen molar-refractivity contribution in [1.82, 2.24) is 29.5 Å². The molecule has 4 heterocycles. The van der Waals surface area contributed by atoms with E-state index in [1.165, 1.54) is 56.3 Å². The highest BCUT2D eigenvalue weighted by Gasteiger charge is 2.32. The third-order valence-corrected chi connectivity index (χ3v) is 14.9. The maximum absolute atomic E-state index is 13.4. The van der Waals surface area contributed by atoms with Crippen LogP contribution in [-0.4, -0.2) is 70.5 Å². The number of fused-ring (bicyclic) bond motifs is 1. The van der Waals surface area contributed by atoms with Crippen molar-refractivity contribution >= 4 is 63.7 Å². The van der Waals surface area contributed by atoms with E-state index in [0.717, 1.165) is 80.9 Å². The van der Waals surface area contributed by atoms with Crippen LogP contribution in [0.1, 0.15) is 92.0 Å². The van der Waals surface area contributed by atoms with E-state index >= 15 is 0 Å². The normalized spacial score (nSPS) is 15.2. The molecule has 1 aliphatic rings. The fourth-order valence-electron chi connectivity index (χ4n) is 7.55. The zero-order chi connectivity index (χ0) is 40.6. The first-order valence-corrected chi connectivity index (χ1v) is 25.8. The molecule has 4 aromatic heterocycles. The molecule has 0 unspecified atom stereocenters. The van der Waals surface area contributed by atoms with Gasteiger partial charge < -0.3 is 19.5 Å². The molecule has 0 spiro atoms. The Kier molecular flexibility index (Phi) is 14.5. The molecule has 0 radical (unpaired) electrons. The van der Waals surface area contributed by atoms with Crippen LogP contribution in [0, 0.1) is 26.2 Å². The first kappa shape index (κ1) is 42.8. The molecule has 15 heteroatoms. The topological polar surface area (TPSA) is 131 Å². The number of aromatic nitrogens is 6. The van der Waals surface area contributed by atoms with Crippen molar-refractivity contribution in [1.29, 1.82) is 0 Å². The molecule has 0 saturated heterocycles. The van der Waals surface area contributed by atoms with E-state index in [-0.39, 0.29) is 17.7 Å². The van der Waals surface area contributed by atoms with E-state index in [9.17, 15) is 4.79 Å². The number of methoxy groups -OCH3 is 1. The van der Waals surface area contributed by atoms with Gasteiger partial charge in [0, 0.05) is 57.3 Å². The molecule has 1 aliphatic carbocycles. The van der Waals surface area contributed by atoms with Crippen molar-refractivity contribution < 1.29 is 19.0 Å². The zero-order valence-corrected chi connectivity index (χ0v) is 37.7. The van der Waals surface area contributed by atoms with Gasteiger partial charge in [0.05, 0.1) is 27.9 Å². The molecule has 1 saturated carbocycles. The van der Waals surface area contributed by atoms with Gasteiger partial charge in [0.15, 0.2) is 27.3 Å². The molecule has 5 aromatic rings. The average Bonchev–Trinajstić information content (AvgIpc) is 3.85. The van der Waals surface area contributed by atoms with E-state index in [1.54, 1.807) is 25.4 Å². The van der Waals surface area contributed by atoms with Gasteiger partial charge in [0.25, 0.3) is 0 Å². The summed E-state index contributed by atoms with van der Waals surface area (Å²) < 4.78 is 22.5. The first-order chi connectivity index (χ1) is 27.4. The fraction of sp³-hybridized carbons (Fsp3) is 0.571. The summed E-state index contributed by atoms with van der Waals surface area (Å²) in [7, 11) is 0.565. The number of thiazole rings is 2. The van der Waals surface area contributed by atoms with Crippen molar-refractivity contribution in [2.24, 2.45) is 10.4 Å². The van der Waals surface area contributed by atoms with Crippen LogP contribution in [0.5, 0.6) is 0 Å². The summed E-state index contributed by atoms with van der Waals surface area (Å²) in [6, 6.07) is 9.38. The van der Waals surface area contributed by atoms with E-state index in [4.69, 9.17) is 29.3 Å². The number of hydrogen-bond donors (Lipinski definition) is 1. The van der Waals surface area contributed by atoms with Crippen molar-refractivity contribution in [3.63, 3.8) is 0 Å². The summed E-state index contributed by atoms with van der Waals surface area (Å²) in [4.78, 5) is 24.7. The van der Waals surface area contributed by atoms with Crippen LogP contribution in [0.2, 0.25) is 25.7 Å². The maximum atomic E-state index is 13.4. The quantitative estimate of drug-likeness (QED) is 0.0553. The Hall–Kier alpha value is -3.76. The highest BCUT2D eigenvalue weighted by atomic mass is 32.1. The lowest BCUT2D eigenvalue weighted by molar-refractivity contribution is 0.0521. The van der Waals surface area contributed by atoms with Crippen LogP contribution in [0.4, 0.5) is 16.8 Å². The van der Waals surface area contributed by atoms with Gasteiger partial charge in [-0.2, -0.15) is 10.1 Å². The van der Waals surface area contributed by atoms with Crippen molar-refractivity contribution in [3.05, 3.63) is 57.8 Å². The SMILES string of the molecule is CCOC(=O)c1nc(Nc2nnc(/N=c3\sc4ccccc4n3COCC[Si](C)(C)C)c(C)c2C)sc1-c1cnn(CC2(CCCOC)CCCCCCC2)c1C. The third kappa shape index (κ3) is 10.7. The Morgan fingerprint density at radius 3 is 2.49 bits per heavy atom. The van der Waals surface area contributed by atoms with E-state index < -0.39 is 14.0 Å². The summed E-state index contributed by atoms with van der Waals surface area (Å²) in [5, 5.41) is 18.0. The third-order valence-electron chi connectivity index (χ3n) is 11.1. The number of benzene rings is 1. The van der Waals surface area contributed by atoms with Gasteiger partial charge in [-0.3, -0.25) is 9.25 Å². The van der Waals surface area contributed by atoms with Gasteiger partial charge in [-0.1, -0.05) is 86.6 Å². The lowest BCUT2D eigenvalue weighted by Gasteiger charge is -2.36. The zero-order valence-electron chi connectivity index (χ0n) is 35.1. The van der Waals surface area contributed by atoms with Gasteiger partial charge in [0.1, 0.15) is 6.73 Å². The number of anilines is 2. The second-order valence-electron chi connectivity index (χ2n) is 16.6. The Bertz CT molecular complexity index is 2190. The maximum Gasteiger partial charge on any atom is 0.358 e. The molecule has 1 N–H and O–H groups in total. The van der Waals surface area contributed by atoms with Crippen molar-refractivity contribution in [2.45, 2.75) is 124 Å². The summed E-state index contributed by atoms with van der Waals surface area (Å²) in [6.45, 7) is 18.0. The predicted molar refractivity (Wildman–Crippen MR) is 234 cm³/mol. The number of esters is 1. The number of nitrogens with zero attached hydrogens (tertiary/aromatic N) is 7. The van der Waals surface area contributed by atoms with Gasteiger partial charge in [0.2, 0.25) is 0 Å². The number of nitrogens with one attached hydrogen (secondary N) is 1. The minimum absolute atomic E-state index is 0.169. The van der Waals surface area contributed by atoms with E-state index in [2.05, 4.69) is 63.5 Å². The summed E-state index contributed by atoms with van der Waals surface area (Å²) in [5.41, 5.74) is 5.19. The molecule has 12 nitrogen and oxygen atoms in total. The number of para-hydroxylation sites is 1. The van der Waals surface area contributed by atoms with Gasteiger partial charge in [-0.15, -0.1) is 10.2 Å². The monoisotopic (exact) mass is 832 g/mol. The molecular formula is C42H60N8O4S2Si. The number of hydrogen-bond acceptors (Lipinski definition) is 12. The number of ether oxygens (including phenoxy) is 3. The van der Waals surface area contributed by atoms with Crippen molar-refractivity contribution in [3.8, 4) is 10.4 Å². The molecule has 0 aliphatic heterocycles. The van der Waals surface area contributed by atoms with Gasteiger partial charge >= 0.3 is 5.97 Å². The van der Waals surface area contributed by atoms with Crippen LogP contribution in [0.25, 0.3) is 20.7 Å². The molecular weight excluding hydrogens is 773 g/mol. The lowest BCUT2D eigenvalue weighted by atomic mass is 9.73. The molecule has 1 aromatic carbocycles. The molecule has 1 fully saturated rings. The van der Waals surface area contributed by atoms with Gasteiger partial charge in [-0.25, -0.2) is 9.78 Å². The first-order valence-electron chi connectivity index (χ1n) is 20.4. The van der Waals surface area contributed by atoms with Crippen LogP contribution in [0.15, 0.2) is 35.5 Å². The lowest BCUT2D eigenvalue weighted by Crippen LogP contribution is -2.29. The predicted octanol–water partition coefficient (Wildman–Crippen LogP) is 10.4. The molecule has 57 heavy (non-hydrogen) atoms. The Morgan fingerprint density at radius 1 is 1.00 bits per heavy atom. The molecule has 6 rings (SSSR count). The standard InChI is InChI=1S/C42H60N8O4S2Si/c1-9-54-39(51)35-36(32-26-43-50(31(32)4)27-42(22-17-23-52-5)20-15-11-10-12-16-21-42)56-40(44-35)45-37-29(2)30(3)38(48-47-37)46-41-49(28-53-24-25-57(6,7)8)33-18-13-14-19-34(33)55-41/h13-14,18-19,26H,9-12,15-17,20-25,27-28H2,1-8H3,(H,44,45,47)/b46-41-. The molecule has 0 amide bonds. The van der Waals surface area contributed by atoms with Crippen LogP contribution in [-0.2, 0) is 27.5 Å². The second-order valence-corrected chi connectivity index (χ2v) is 24.2. The average molecular weight is 833 g/mol. The smallest absolute Gasteiger partial charge is 0.358 e. The minimum Gasteiger partial charge on any atom is -0.461 e. The summed E-state index contributed by atoms with van der Waals surface area (Å²) in [6.07, 6.45) is 12.8. The highest BCUT2D eigenvalue weighted by molar-refractivity contribution is 7.19. The highest BCUT2D eigenvalue weighted by Crippen LogP contribution is 2.42. The number of rotatable bonds is 17.